The lowest BCUT2D eigenvalue weighted by molar-refractivity contribution is -0.130. The van der Waals surface area contributed by atoms with Gasteiger partial charge >= 0.3 is 0 Å². The Hall–Kier alpha value is -2.56. The lowest BCUT2D eigenvalue weighted by Gasteiger charge is -2.59. The molecule has 0 radical (unpaired) electrons. The normalized spacial score (nSPS) is 33.6. The van der Waals surface area contributed by atoms with Crippen molar-refractivity contribution in [3.63, 3.8) is 0 Å². The molecule has 2 unspecified atom stereocenters. The molecule has 168 valence electrons. The second-order valence-electron chi connectivity index (χ2n) is 10.9. The van der Waals surface area contributed by atoms with Gasteiger partial charge in [0.1, 0.15) is 6.04 Å². The van der Waals surface area contributed by atoms with Crippen molar-refractivity contribution in [1.29, 1.82) is 0 Å². The first-order valence-corrected chi connectivity index (χ1v) is 12.2. The minimum Gasteiger partial charge on any atom is -0.459 e. The minimum absolute atomic E-state index is 0.0253. The summed E-state index contributed by atoms with van der Waals surface area (Å²) in [5, 5.41) is 3.40. The van der Waals surface area contributed by atoms with Crippen LogP contribution >= 0.6 is 0 Å². The predicted molar refractivity (Wildman–Crippen MR) is 121 cm³/mol. The molecule has 1 aromatic carbocycles. The maximum absolute atomic E-state index is 13.7. The zero-order valence-electron chi connectivity index (χ0n) is 18.8. The number of nitrogens with one attached hydrogen (secondary N) is 1. The Morgan fingerprint density at radius 2 is 1.66 bits per heavy atom. The standard InChI is InChI=1S/C27H32N2O3/c1-17(27-13-18-9-19(14-27)11-20(10-18)15-27)28-25(30)23-12-21-5-2-3-6-22(21)16-29(23)26(31)24-7-4-8-32-24/h2-8,17-20,23H,9-16H2,1H3,(H,28,30). The van der Waals surface area contributed by atoms with Gasteiger partial charge in [0.25, 0.3) is 5.91 Å². The fourth-order valence-corrected chi connectivity index (χ4v) is 7.68. The van der Waals surface area contributed by atoms with Crippen molar-refractivity contribution in [2.75, 3.05) is 0 Å². The van der Waals surface area contributed by atoms with Crippen LogP contribution in [0.5, 0.6) is 0 Å². The molecule has 4 bridgehead atoms. The topological polar surface area (TPSA) is 62.6 Å². The second-order valence-corrected chi connectivity index (χ2v) is 10.9. The fraction of sp³-hybridized carbons (Fsp3) is 0.556. The summed E-state index contributed by atoms with van der Waals surface area (Å²) in [4.78, 5) is 28.6. The Morgan fingerprint density at radius 3 is 2.28 bits per heavy atom. The highest BCUT2D eigenvalue weighted by Gasteiger charge is 2.53. The van der Waals surface area contributed by atoms with E-state index in [0.717, 1.165) is 28.9 Å². The zero-order valence-corrected chi connectivity index (χ0v) is 18.8. The van der Waals surface area contributed by atoms with Crippen molar-refractivity contribution in [1.82, 2.24) is 10.2 Å². The molecule has 5 heteroatoms. The number of benzene rings is 1. The van der Waals surface area contributed by atoms with Crippen LogP contribution < -0.4 is 5.32 Å². The highest BCUT2D eigenvalue weighted by Crippen LogP contribution is 2.61. The first-order valence-electron chi connectivity index (χ1n) is 12.2. The minimum atomic E-state index is -0.515. The smallest absolute Gasteiger partial charge is 0.290 e. The summed E-state index contributed by atoms with van der Waals surface area (Å²) in [5.74, 6) is 2.59. The van der Waals surface area contributed by atoms with E-state index in [1.807, 2.05) is 18.2 Å². The largest absolute Gasteiger partial charge is 0.459 e. The number of furan rings is 1. The summed E-state index contributed by atoms with van der Waals surface area (Å²) in [7, 11) is 0. The Balaban J connectivity index is 1.25. The van der Waals surface area contributed by atoms with Crippen LogP contribution in [0.3, 0.4) is 0 Å². The van der Waals surface area contributed by atoms with Crippen LogP contribution in [-0.2, 0) is 17.8 Å². The Labute approximate surface area is 189 Å². The van der Waals surface area contributed by atoms with Gasteiger partial charge in [-0.25, -0.2) is 0 Å². The molecule has 1 N–H and O–H groups in total. The van der Waals surface area contributed by atoms with Gasteiger partial charge in [-0.05, 0) is 91.9 Å². The number of carbonyl (C=O) groups is 2. The van der Waals surface area contributed by atoms with Crippen molar-refractivity contribution in [3.8, 4) is 0 Å². The van der Waals surface area contributed by atoms with Gasteiger partial charge in [-0.3, -0.25) is 9.59 Å². The van der Waals surface area contributed by atoms with Crippen LogP contribution in [0, 0.1) is 23.2 Å². The zero-order chi connectivity index (χ0) is 21.9. The maximum atomic E-state index is 13.7. The molecule has 2 atom stereocenters. The molecule has 5 nitrogen and oxygen atoms in total. The first-order chi connectivity index (χ1) is 15.5. The molecule has 5 aliphatic rings. The summed E-state index contributed by atoms with van der Waals surface area (Å²) in [5.41, 5.74) is 2.50. The van der Waals surface area contributed by atoms with Gasteiger partial charge in [0, 0.05) is 19.0 Å². The molecule has 1 aliphatic heterocycles. The molecule has 32 heavy (non-hydrogen) atoms. The van der Waals surface area contributed by atoms with E-state index in [-0.39, 0.29) is 29.0 Å². The van der Waals surface area contributed by atoms with E-state index in [2.05, 4.69) is 18.3 Å². The first kappa shape index (κ1) is 20.1. The Morgan fingerprint density at radius 1 is 1.00 bits per heavy atom. The summed E-state index contributed by atoms with van der Waals surface area (Å²) in [6.07, 6.45) is 9.99. The molecule has 4 fully saturated rings. The molecule has 2 aromatic rings. The van der Waals surface area contributed by atoms with E-state index >= 15 is 0 Å². The maximum Gasteiger partial charge on any atom is 0.290 e. The number of hydrogen-bond donors (Lipinski definition) is 1. The van der Waals surface area contributed by atoms with E-state index in [0.29, 0.717) is 13.0 Å². The Kier molecular flexibility index (Phi) is 4.70. The van der Waals surface area contributed by atoms with Gasteiger partial charge in [0.05, 0.1) is 6.26 Å². The van der Waals surface area contributed by atoms with Gasteiger partial charge in [0.15, 0.2) is 5.76 Å². The average molecular weight is 433 g/mol. The van der Waals surface area contributed by atoms with E-state index in [1.54, 1.807) is 17.0 Å². The molecular weight excluding hydrogens is 400 g/mol. The molecular formula is C27H32N2O3. The van der Waals surface area contributed by atoms with E-state index in [9.17, 15) is 9.59 Å². The van der Waals surface area contributed by atoms with Crippen LogP contribution in [0.1, 0.15) is 67.1 Å². The molecule has 1 aromatic heterocycles. The highest BCUT2D eigenvalue weighted by atomic mass is 16.3. The Bertz CT molecular complexity index is 992. The highest BCUT2D eigenvalue weighted by molar-refractivity contribution is 5.96. The number of fused-ring (bicyclic) bond motifs is 1. The van der Waals surface area contributed by atoms with Crippen LogP contribution in [0.4, 0.5) is 0 Å². The molecule has 4 aliphatic carbocycles. The van der Waals surface area contributed by atoms with Crippen LogP contribution in [0.15, 0.2) is 47.1 Å². The van der Waals surface area contributed by atoms with Crippen molar-refractivity contribution in [2.45, 2.75) is 70.5 Å². The van der Waals surface area contributed by atoms with Crippen molar-refractivity contribution in [2.24, 2.45) is 23.2 Å². The summed E-state index contributed by atoms with van der Waals surface area (Å²) >= 11 is 0. The quantitative estimate of drug-likeness (QED) is 0.770. The van der Waals surface area contributed by atoms with E-state index in [1.165, 1.54) is 44.8 Å². The molecule has 2 heterocycles. The van der Waals surface area contributed by atoms with Crippen LogP contribution in [0.25, 0.3) is 0 Å². The third-order valence-corrected chi connectivity index (χ3v) is 8.91. The number of hydrogen-bond acceptors (Lipinski definition) is 3. The van der Waals surface area contributed by atoms with Crippen molar-refractivity contribution < 1.29 is 14.0 Å². The second kappa shape index (κ2) is 7.50. The van der Waals surface area contributed by atoms with Crippen LogP contribution in [0.2, 0.25) is 0 Å². The molecule has 4 saturated carbocycles. The number of amides is 2. The van der Waals surface area contributed by atoms with Crippen LogP contribution in [-0.4, -0.2) is 28.8 Å². The van der Waals surface area contributed by atoms with Crippen molar-refractivity contribution >= 4 is 11.8 Å². The molecule has 2 amide bonds. The van der Waals surface area contributed by atoms with Crippen molar-refractivity contribution in [3.05, 3.63) is 59.5 Å². The molecule has 0 spiro atoms. The number of nitrogens with zero attached hydrogens (tertiary/aromatic N) is 1. The summed E-state index contributed by atoms with van der Waals surface area (Å²) in [6.45, 7) is 2.64. The fourth-order valence-electron chi connectivity index (χ4n) is 7.68. The average Bonchev–Trinajstić information content (AvgIpc) is 3.32. The number of carbonyl (C=O) groups excluding carboxylic acids is 2. The monoisotopic (exact) mass is 432 g/mol. The molecule has 0 saturated heterocycles. The van der Waals surface area contributed by atoms with E-state index in [4.69, 9.17) is 4.42 Å². The lowest BCUT2D eigenvalue weighted by Crippen LogP contribution is -2.59. The summed E-state index contributed by atoms with van der Waals surface area (Å²) < 4.78 is 5.39. The summed E-state index contributed by atoms with van der Waals surface area (Å²) in [6, 6.07) is 11.1. The predicted octanol–water partition coefficient (Wildman–Crippen LogP) is 4.57. The van der Waals surface area contributed by atoms with Gasteiger partial charge < -0.3 is 14.6 Å². The number of rotatable bonds is 4. The van der Waals surface area contributed by atoms with Gasteiger partial charge in [0.2, 0.25) is 5.91 Å². The lowest BCUT2D eigenvalue weighted by atomic mass is 9.48. The van der Waals surface area contributed by atoms with Gasteiger partial charge in [-0.1, -0.05) is 24.3 Å². The van der Waals surface area contributed by atoms with Gasteiger partial charge in [-0.2, -0.15) is 0 Å². The van der Waals surface area contributed by atoms with E-state index < -0.39 is 6.04 Å². The SMILES string of the molecule is CC(NC(=O)C1Cc2ccccc2CN1C(=O)c1ccco1)C12CC3CC(CC(C3)C1)C2. The molecule has 7 rings (SSSR count). The third kappa shape index (κ3) is 3.28. The van der Waals surface area contributed by atoms with Gasteiger partial charge in [-0.15, -0.1) is 0 Å². The third-order valence-electron chi connectivity index (χ3n) is 8.91.